The molecule has 0 bridgehead atoms. The molecule has 0 atom stereocenters. The van der Waals surface area contributed by atoms with Crippen LogP contribution in [0.3, 0.4) is 0 Å². The van der Waals surface area contributed by atoms with E-state index in [4.69, 9.17) is 14.2 Å². The van der Waals surface area contributed by atoms with Crippen LogP contribution in [0.25, 0.3) is 16.8 Å². The molecule has 0 radical (unpaired) electrons. The fourth-order valence-corrected chi connectivity index (χ4v) is 5.15. The van der Waals surface area contributed by atoms with Crippen molar-refractivity contribution in [3.8, 4) is 5.75 Å². The highest BCUT2D eigenvalue weighted by Crippen LogP contribution is 2.43. The third-order valence-corrected chi connectivity index (χ3v) is 7.06. The maximum atomic E-state index is 14.1. The molecular formula is C28H22FN5O3. The molecule has 37 heavy (non-hydrogen) atoms. The van der Waals surface area contributed by atoms with E-state index in [0.29, 0.717) is 29.5 Å². The Labute approximate surface area is 210 Å². The van der Waals surface area contributed by atoms with E-state index in [-0.39, 0.29) is 12.4 Å². The van der Waals surface area contributed by atoms with Crippen LogP contribution in [0.4, 0.5) is 4.39 Å². The van der Waals surface area contributed by atoms with E-state index < -0.39 is 5.76 Å². The number of aromatic amines is 1. The molecule has 7 rings (SSSR count). The first-order valence-corrected chi connectivity index (χ1v) is 12.2. The summed E-state index contributed by atoms with van der Waals surface area (Å²) in [5, 5.41) is 8.44. The van der Waals surface area contributed by atoms with Crippen LogP contribution in [0.5, 0.6) is 5.75 Å². The third-order valence-electron chi connectivity index (χ3n) is 7.06. The van der Waals surface area contributed by atoms with Gasteiger partial charge in [-0.05, 0) is 66.3 Å². The number of ether oxygens (including phenoxy) is 1. The van der Waals surface area contributed by atoms with Gasteiger partial charge in [-0.2, -0.15) is 5.10 Å². The van der Waals surface area contributed by atoms with Gasteiger partial charge in [0, 0.05) is 35.7 Å². The second kappa shape index (κ2) is 8.26. The van der Waals surface area contributed by atoms with Crippen molar-refractivity contribution in [3.63, 3.8) is 0 Å². The third kappa shape index (κ3) is 3.74. The summed E-state index contributed by atoms with van der Waals surface area (Å²) >= 11 is 0. The van der Waals surface area contributed by atoms with Crippen LogP contribution < -0.4 is 10.5 Å². The lowest BCUT2D eigenvalue weighted by Gasteiger charge is -2.14. The van der Waals surface area contributed by atoms with Crippen LogP contribution in [-0.2, 0) is 13.0 Å². The number of hydrogen-bond donors (Lipinski definition) is 1. The minimum Gasteiger partial charge on any atom is -0.488 e. The first kappa shape index (κ1) is 21.7. The zero-order valence-corrected chi connectivity index (χ0v) is 20.0. The Morgan fingerprint density at radius 3 is 2.84 bits per heavy atom. The van der Waals surface area contributed by atoms with E-state index in [2.05, 4.69) is 33.4 Å². The van der Waals surface area contributed by atoms with E-state index in [1.54, 1.807) is 12.3 Å². The van der Waals surface area contributed by atoms with Gasteiger partial charge in [-0.25, -0.2) is 18.7 Å². The molecule has 3 aromatic heterocycles. The van der Waals surface area contributed by atoms with Crippen molar-refractivity contribution >= 4 is 16.8 Å². The smallest absolute Gasteiger partial charge is 0.439 e. The topological polar surface area (TPSA) is 98.3 Å². The monoisotopic (exact) mass is 495 g/mol. The number of allylic oxidation sites excluding steroid dienone is 1. The number of fused-ring (bicyclic) bond motifs is 3. The van der Waals surface area contributed by atoms with Gasteiger partial charge in [-0.3, -0.25) is 9.51 Å². The predicted molar refractivity (Wildman–Crippen MR) is 134 cm³/mol. The van der Waals surface area contributed by atoms with Gasteiger partial charge in [-0.1, -0.05) is 23.4 Å². The fourth-order valence-electron chi connectivity index (χ4n) is 5.15. The molecule has 9 heteroatoms. The van der Waals surface area contributed by atoms with Crippen molar-refractivity contribution < 1.29 is 13.7 Å². The van der Waals surface area contributed by atoms with Gasteiger partial charge >= 0.3 is 5.76 Å². The van der Waals surface area contributed by atoms with Crippen molar-refractivity contribution in [3.05, 3.63) is 111 Å². The Balaban J connectivity index is 1.36. The maximum Gasteiger partial charge on any atom is 0.439 e. The molecule has 0 saturated heterocycles. The molecule has 1 saturated carbocycles. The van der Waals surface area contributed by atoms with Crippen LogP contribution in [0.15, 0.2) is 64.0 Å². The minimum atomic E-state index is -0.636. The molecule has 4 heterocycles. The van der Waals surface area contributed by atoms with Crippen LogP contribution in [0.2, 0.25) is 0 Å². The Morgan fingerprint density at radius 2 is 2.03 bits per heavy atom. The van der Waals surface area contributed by atoms with Crippen molar-refractivity contribution in [1.29, 1.82) is 0 Å². The van der Waals surface area contributed by atoms with E-state index in [1.807, 2.05) is 23.6 Å². The highest BCUT2D eigenvalue weighted by molar-refractivity contribution is 5.99. The Kier molecular flexibility index (Phi) is 4.85. The number of halogens is 1. The molecular weight excluding hydrogens is 473 g/mol. The predicted octanol–water partition coefficient (Wildman–Crippen LogP) is 4.88. The molecule has 1 aliphatic carbocycles. The Bertz CT molecular complexity index is 1780. The summed E-state index contributed by atoms with van der Waals surface area (Å²) in [5.74, 6) is 0.220. The van der Waals surface area contributed by atoms with Gasteiger partial charge in [-0.15, -0.1) is 0 Å². The number of rotatable bonds is 4. The average molecular weight is 496 g/mol. The van der Waals surface area contributed by atoms with Crippen LogP contribution in [-0.4, -0.2) is 24.7 Å². The molecule has 184 valence electrons. The number of nitrogens with zero attached hydrogens (tertiary/aromatic N) is 4. The highest BCUT2D eigenvalue weighted by atomic mass is 19.1. The zero-order valence-electron chi connectivity index (χ0n) is 20.0. The summed E-state index contributed by atoms with van der Waals surface area (Å²) in [4.78, 5) is 19.1. The Hall–Kier alpha value is -4.53. The summed E-state index contributed by atoms with van der Waals surface area (Å²) in [6.45, 7) is 2.12. The zero-order chi connectivity index (χ0) is 25.1. The normalized spacial score (nSPS) is 16.2. The molecule has 1 N–H and O–H groups in total. The molecule has 5 aromatic rings. The minimum absolute atomic E-state index is 0.270. The van der Waals surface area contributed by atoms with Crippen LogP contribution >= 0.6 is 0 Å². The van der Waals surface area contributed by atoms with Gasteiger partial charge in [0.25, 0.3) is 0 Å². The summed E-state index contributed by atoms with van der Waals surface area (Å²) in [6, 6.07) is 14.6. The lowest BCUT2D eigenvalue weighted by atomic mass is 9.89. The lowest BCUT2D eigenvalue weighted by molar-refractivity contribution is 0.305. The van der Waals surface area contributed by atoms with E-state index >= 15 is 0 Å². The van der Waals surface area contributed by atoms with Crippen molar-refractivity contribution in [2.45, 2.75) is 38.7 Å². The summed E-state index contributed by atoms with van der Waals surface area (Å²) in [6.07, 6.45) is 4.76. The van der Waals surface area contributed by atoms with Gasteiger partial charge in [0.1, 0.15) is 18.2 Å². The highest BCUT2D eigenvalue weighted by Gasteiger charge is 2.31. The number of H-pyrrole nitrogens is 1. The second-order valence-electron chi connectivity index (χ2n) is 9.55. The molecule has 1 fully saturated rings. The average Bonchev–Trinajstić information content (AvgIpc) is 3.59. The molecule has 2 aromatic carbocycles. The number of hydrogen-bond acceptors (Lipinski definition) is 6. The van der Waals surface area contributed by atoms with Gasteiger partial charge < -0.3 is 4.74 Å². The van der Waals surface area contributed by atoms with Gasteiger partial charge in [0.2, 0.25) is 0 Å². The largest absolute Gasteiger partial charge is 0.488 e. The lowest BCUT2D eigenvalue weighted by Crippen LogP contribution is -2.03. The molecule has 1 aliphatic heterocycles. The van der Waals surface area contributed by atoms with Crippen molar-refractivity contribution in [2.24, 2.45) is 0 Å². The summed E-state index contributed by atoms with van der Waals surface area (Å²) in [5.41, 5.74) is 8.27. The van der Waals surface area contributed by atoms with Crippen molar-refractivity contribution in [1.82, 2.24) is 24.7 Å². The SMILES string of the molecule is CC(=C1c2ccc(Cc3c(C4CC4)nc4cccnn34)cc2COc2cc(F)ccc21)c1noc(=O)[nH]1. The number of benzene rings is 2. The molecule has 0 amide bonds. The first-order chi connectivity index (χ1) is 18.0. The molecule has 0 unspecified atom stereocenters. The summed E-state index contributed by atoms with van der Waals surface area (Å²) in [7, 11) is 0. The maximum absolute atomic E-state index is 14.1. The fraction of sp³-hybridized carbons (Fsp3) is 0.214. The van der Waals surface area contributed by atoms with Gasteiger partial charge in [0.15, 0.2) is 11.5 Å². The van der Waals surface area contributed by atoms with E-state index in [0.717, 1.165) is 57.7 Å². The second-order valence-corrected chi connectivity index (χ2v) is 9.55. The van der Waals surface area contributed by atoms with E-state index in [1.165, 1.54) is 12.1 Å². The molecule has 0 spiro atoms. The number of nitrogens with one attached hydrogen (secondary N) is 1. The van der Waals surface area contributed by atoms with E-state index in [9.17, 15) is 9.18 Å². The molecule has 8 nitrogen and oxygen atoms in total. The number of aromatic nitrogens is 5. The quantitative estimate of drug-likeness (QED) is 0.382. The number of imidazole rings is 1. The van der Waals surface area contributed by atoms with Gasteiger partial charge in [0.05, 0.1) is 11.4 Å². The standard InChI is InChI=1S/C28H22FN5O3/c1-15(27-32-28(35)37-33-27)25-20-8-4-16(11-18(20)14-36-23-13-19(29)7-9-21(23)25)12-22-26(17-5-6-17)31-24-3-2-10-30-34(22)24/h2-4,7-11,13,17H,5-6,12,14H2,1H3,(H,32,33,35). The Morgan fingerprint density at radius 1 is 1.16 bits per heavy atom. The summed E-state index contributed by atoms with van der Waals surface area (Å²) < 4.78 is 26.9. The van der Waals surface area contributed by atoms with Crippen molar-refractivity contribution in [2.75, 3.05) is 0 Å². The molecule has 2 aliphatic rings. The first-order valence-electron chi connectivity index (χ1n) is 12.2. The van der Waals surface area contributed by atoms with Crippen LogP contribution in [0, 0.1) is 5.82 Å². The van der Waals surface area contributed by atoms with Crippen LogP contribution in [0.1, 0.15) is 65.1 Å².